The van der Waals surface area contributed by atoms with E-state index in [1.165, 1.54) is 22.5 Å². The third kappa shape index (κ3) is 3.45. The molecule has 0 aliphatic carbocycles. The van der Waals surface area contributed by atoms with Crippen molar-refractivity contribution in [3.63, 3.8) is 0 Å². The second-order valence-corrected chi connectivity index (χ2v) is 8.51. The van der Waals surface area contributed by atoms with Crippen molar-refractivity contribution in [2.75, 3.05) is 6.54 Å². The van der Waals surface area contributed by atoms with Crippen molar-refractivity contribution < 1.29 is 12.8 Å². The molecule has 138 valence electrons. The van der Waals surface area contributed by atoms with E-state index in [1.807, 2.05) is 0 Å². The molecular weight excluding hydrogens is 389 g/mol. The fourth-order valence-electron chi connectivity index (χ4n) is 3.03. The normalized spacial score (nSPS) is 14.7. The van der Waals surface area contributed by atoms with Crippen molar-refractivity contribution >= 4 is 21.6 Å². The first kappa shape index (κ1) is 18.0. The van der Waals surface area contributed by atoms with Gasteiger partial charge in [0, 0.05) is 36.8 Å². The van der Waals surface area contributed by atoms with Gasteiger partial charge in [0.25, 0.3) is 0 Å². The van der Waals surface area contributed by atoms with Gasteiger partial charge in [0.1, 0.15) is 10.7 Å². The zero-order valence-corrected chi connectivity index (χ0v) is 15.7. The molecule has 4 rings (SSSR count). The van der Waals surface area contributed by atoms with Crippen LogP contribution < -0.4 is 0 Å². The summed E-state index contributed by atoms with van der Waals surface area (Å²) < 4.78 is 40.3. The molecule has 0 amide bonds. The number of hydrogen-bond acceptors (Lipinski definition) is 4. The van der Waals surface area contributed by atoms with Crippen molar-refractivity contribution in [1.29, 1.82) is 0 Å². The Morgan fingerprint density at radius 1 is 1.07 bits per heavy atom. The van der Waals surface area contributed by atoms with Crippen LogP contribution in [0, 0.1) is 5.82 Å². The highest BCUT2D eigenvalue weighted by Crippen LogP contribution is 2.28. The van der Waals surface area contributed by atoms with Gasteiger partial charge in [-0.15, -0.1) is 0 Å². The Morgan fingerprint density at radius 3 is 2.56 bits per heavy atom. The number of halogens is 2. The van der Waals surface area contributed by atoms with Crippen LogP contribution >= 0.6 is 11.6 Å². The Bertz CT molecular complexity index is 1100. The molecular formula is C19H15ClFN3O2S. The van der Waals surface area contributed by atoms with Gasteiger partial charge in [-0.3, -0.25) is 0 Å². The summed E-state index contributed by atoms with van der Waals surface area (Å²) in [5, 5.41) is 0.200. The quantitative estimate of drug-likeness (QED) is 0.669. The number of aromatic nitrogens is 2. The maximum atomic E-state index is 13.1. The molecule has 0 spiro atoms. The number of fused-ring (bicyclic) bond motifs is 1. The summed E-state index contributed by atoms with van der Waals surface area (Å²) in [6.07, 6.45) is 2.10. The highest BCUT2D eigenvalue weighted by molar-refractivity contribution is 7.89. The van der Waals surface area contributed by atoms with Crippen molar-refractivity contribution in [3.8, 4) is 11.4 Å². The van der Waals surface area contributed by atoms with Crippen LogP contribution in [0.15, 0.2) is 59.6 Å². The number of benzene rings is 2. The molecule has 0 saturated heterocycles. The standard InChI is InChI=1S/C19H15ClFN3O2S/c20-16-3-1-2-4-18(16)27(25,26)24-10-9-17-14(12-24)11-22-19(23-17)13-5-7-15(21)8-6-13/h1-8,11H,9-10,12H2. The zero-order valence-electron chi connectivity index (χ0n) is 14.1. The molecule has 2 aromatic carbocycles. The molecule has 0 N–H and O–H groups in total. The molecule has 0 saturated carbocycles. The van der Waals surface area contributed by atoms with Crippen LogP contribution in [0.2, 0.25) is 5.02 Å². The predicted molar refractivity (Wildman–Crippen MR) is 100 cm³/mol. The molecule has 0 unspecified atom stereocenters. The number of nitrogens with zero attached hydrogens (tertiary/aromatic N) is 3. The molecule has 27 heavy (non-hydrogen) atoms. The van der Waals surface area contributed by atoms with Crippen molar-refractivity contribution in [1.82, 2.24) is 14.3 Å². The van der Waals surface area contributed by atoms with Gasteiger partial charge < -0.3 is 0 Å². The summed E-state index contributed by atoms with van der Waals surface area (Å²) in [5.41, 5.74) is 2.27. The summed E-state index contributed by atoms with van der Waals surface area (Å²) in [5.74, 6) is 0.174. The highest BCUT2D eigenvalue weighted by Gasteiger charge is 2.30. The van der Waals surface area contributed by atoms with E-state index < -0.39 is 10.0 Å². The first-order valence-corrected chi connectivity index (χ1v) is 10.1. The molecule has 0 fully saturated rings. The van der Waals surface area contributed by atoms with E-state index in [-0.39, 0.29) is 22.3 Å². The lowest BCUT2D eigenvalue weighted by molar-refractivity contribution is 0.387. The maximum Gasteiger partial charge on any atom is 0.244 e. The first-order valence-electron chi connectivity index (χ1n) is 8.30. The molecule has 8 heteroatoms. The van der Waals surface area contributed by atoms with E-state index in [4.69, 9.17) is 11.6 Å². The van der Waals surface area contributed by atoms with Gasteiger partial charge in [0.05, 0.1) is 10.7 Å². The lowest BCUT2D eigenvalue weighted by atomic mass is 10.1. The van der Waals surface area contributed by atoms with Gasteiger partial charge in [0.15, 0.2) is 5.82 Å². The van der Waals surface area contributed by atoms with Gasteiger partial charge in [0.2, 0.25) is 10.0 Å². The molecule has 2 heterocycles. The molecule has 1 aliphatic rings. The smallest absolute Gasteiger partial charge is 0.236 e. The SMILES string of the molecule is O=S(=O)(c1ccccc1Cl)N1CCc2nc(-c3ccc(F)cc3)ncc2C1. The van der Waals surface area contributed by atoms with Crippen LogP contribution in [0.1, 0.15) is 11.3 Å². The first-order chi connectivity index (χ1) is 12.9. The monoisotopic (exact) mass is 403 g/mol. The number of hydrogen-bond donors (Lipinski definition) is 0. The van der Waals surface area contributed by atoms with Gasteiger partial charge >= 0.3 is 0 Å². The third-order valence-corrected chi connectivity index (χ3v) is 6.80. The Hall–Kier alpha value is -2.35. The fourth-order valence-corrected chi connectivity index (χ4v) is 4.94. The van der Waals surface area contributed by atoms with Gasteiger partial charge in [-0.1, -0.05) is 23.7 Å². The molecule has 0 bridgehead atoms. The Labute approximate surface area is 161 Å². The van der Waals surface area contributed by atoms with E-state index in [0.29, 0.717) is 24.4 Å². The second-order valence-electron chi connectivity index (χ2n) is 6.19. The predicted octanol–water partition coefficient (Wildman–Crippen LogP) is 3.68. The van der Waals surface area contributed by atoms with Crippen molar-refractivity contribution in [2.45, 2.75) is 17.9 Å². The highest BCUT2D eigenvalue weighted by atomic mass is 35.5. The molecule has 1 aromatic heterocycles. The van der Waals surface area contributed by atoms with E-state index >= 15 is 0 Å². The topological polar surface area (TPSA) is 63.2 Å². The second kappa shape index (κ2) is 6.99. The minimum absolute atomic E-state index is 0.0963. The van der Waals surface area contributed by atoms with Crippen LogP contribution in [0.4, 0.5) is 4.39 Å². The lowest BCUT2D eigenvalue weighted by Gasteiger charge is -2.27. The molecule has 1 aliphatic heterocycles. The largest absolute Gasteiger partial charge is 0.244 e. The summed E-state index contributed by atoms with van der Waals surface area (Å²) in [6.45, 7) is 0.493. The fraction of sp³-hybridized carbons (Fsp3) is 0.158. The van der Waals surface area contributed by atoms with E-state index in [1.54, 1.807) is 36.5 Å². The summed E-state index contributed by atoms with van der Waals surface area (Å²) in [7, 11) is -3.70. The zero-order chi connectivity index (χ0) is 19.0. The van der Waals surface area contributed by atoms with Crippen LogP contribution in [0.3, 0.4) is 0 Å². The minimum atomic E-state index is -3.70. The van der Waals surface area contributed by atoms with Gasteiger partial charge in [-0.2, -0.15) is 4.31 Å². The van der Waals surface area contributed by atoms with Crippen LogP contribution in [-0.2, 0) is 23.0 Å². The molecule has 5 nitrogen and oxygen atoms in total. The summed E-state index contributed by atoms with van der Waals surface area (Å²) in [4.78, 5) is 8.95. The maximum absolute atomic E-state index is 13.1. The summed E-state index contributed by atoms with van der Waals surface area (Å²) >= 11 is 6.07. The van der Waals surface area contributed by atoms with Gasteiger partial charge in [-0.25, -0.2) is 22.8 Å². The Kier molecular flexibility index (Phi) is 4.67. The van der Waals surface area contributed by atoms with E-state index in [0.717, 1.165) is 11.3 Å². The van der Waals surface area contributed by atoms with Crippen molar-refractivity contribution in [2.24, 2.45) is 0 Å². The van der Waals surface area contributed by atoms with Crippen LogP contribution in [-0.4, -0.2) is 29.2 Å². The minimum Gasteiger partial charge on any atom is -0.236 e. The van der Waals surface area contributed by atoms with Crippen molar-refractivity contribution in [3.05, 3.63) is 76.8 Å². The Morgan fingerprint density at radius 2 is 1.81 bits per heavy atom. The van der Waals surface area contributed by atoms with Gasteiger partial charge in [-0.05, 0) is 36.4 Å². The lowest BCUT2D eigenvalue weighted by Crippen LogP contribution is -2.36. The third-order valence-electron chi connectivity index (χ3n) is 4.46. The van der Waals surface area contributed by atoms with E-state index in [9.17, 15) is 12.8 Å². The Balaban J connectivity index is 1.62. The van der Waals surface area contributed by atoms with E-state index in [2.05, 4.69) is 9.97 Å². The van der Waals surface area contributed by atoms with Crippen LogP contribution in [0.25, 0.3) is 11.4 Å². The molecule has 0 radical (unpaired) electrons. The average molecular weight is 404 g/mol. The van der Waals surface area contributed by atoms with Crippen LogP contribution in [0.5, 0.6) is 0 Å². The molecule has 3 aromatic rings. The molecule has 0 atom stereocenters. The number of rotatable bonds is 3. The number of sulfonamides is 1. The summed E-state index contributed by atoms with van der Waals surface area (Å²) in [6, 6.07) is 12.4. The average Bonchev–Trinajstić information content (AvgIpc) is 2.68.